The third-order valence-corrected chi connectivity index (χ3v) is 3.10. The summed E-state index contributed by atoms with van der Waals surface area (Å²) in [6.45, 7) is 3.55. The number of hydrazine groups is 1. The van der Waals surface area contributed by atoms with Gasteiger partial charge in [0.1, 0.15) is 17.5 Å². The van der Waals surface area contributed by atoms with Crippen LogP contribution < -0.4 is 16.0 Å². The molecular formula is C13H15ClN4O2. The van der Waals surface area contributed by atoms with Crippen LogP contribution in [-0.2, 0) is 0 Å². The van der Waals surface area contributed by atoms with Gasteiger partial charge in [-0.25, -0.2) is 5.84 Å². The van der Waals surface area contributed by atoms with E-state index in [4.69, 9.17) is 22.2 Å². The summed E-state index contributed by atoms with van der Waals surface area (Å²) in [6.07, 6.45) is -0.409. The molecule has 1 atom stereocenters. The summed E-state index contributed by atoms with van der Waals surface area (Å²) in [5, 5.41) is 7.50. The van der Waals surface area contributed by atoms with Gasteiger partial charge in [0.05, 0.1) is 5.56 Å². The largest absolute Gasteiger partial charge is 0.484 e. The topological polar surface area (TPSA) is 93.0 Å². The normalized spacial score (nSPS) is 12.0. The van der Waals surface area contributed by atoms with Crippen molar-refractivity contribution >= 4 is 17.5 Å². The second-order valence-corrected chi connectivity index (χ2v) is 4.73. The Morgan fingerprint density at radius 2 is 2.10 bits per heavy atom. The highest BCUT2D eigenvalue weighted by molar-refractivity contribution is 6.30. The van der Waals surface area contributed by atoms with E-state index >= 15 is 0 Å². The number of nitrogens with zero attached hydrogens (tertiary/aromatic N) is 1. The van der Waals surface area contributed by atoms with Crippen LogP contribution in [0.15, 0.2) is 24.3 Å². The molecule has 2 rings (SSSR count). The molecule has 0 aliphatic carbocycles. The van der Waals surface area contributed by atoms with Crippen LogP contribution in [0, 0.1) is 6.92 Å². The molecule has 20 heavy (non-hydrogen) atoms. The summed E-state index contributed by atoms with van der Waals surface area (Å²) in [5.41, 5.74) is 3.63. The molecule has 0 saturated heterocycles. The molecule has 0 aliphatic heterocycles. The minimum Gasteiger partial charge on any atom is -0.484 e. The maximum Gasteiger partial charge on any atom is 0.269 e. The van der Waals surface area contributed by atoms with E-state index in [1.807, 2.05) is 0 Å². The van der Waals surface area contributed by atoms with Gasteiger partial charge in [0, 0.05) is 10.7 Å². The number of hydrogen-bond acceptors (Lipinski definition) is 4. The predicted octanol–water partition coefficient (Wildman–Crippen LogP) is 2.12. The van der Waals surface area contributed by atoms with Crippen LogP contribution in [0.4, 0.5) is 0 Å². The summed E-state index contributed by atoms with van der Waals surface area (Å²) >= 11 is 5.81. The Bertz CT molecular complexity index is 609. The number of benzene rings is 1. The number of H-pyrrole nitrogens is 1. The number of rotatable bonds is 4. The van der Waals surface area contributed by atoms with E-state index in [1.165, 1.54) is 0 Å². The van der Waals surface area contributed by atoms with Gasteiger partial charge in [-0.3, -0.25) is 15.3 Å². The van der Waals surface area contributed by atoms with Gasteiger partial charge in [-0.05, 0) is 38.1 Å². The number of carbonyl (C=O) groups excluding carboxylic acids is 1. The molecular weight excluding hydrogens is 280 g/mol. The van der Waals surface area contributed by atoms with Crippen LogP contribution >= 0.6 is 11.6 Å². The second-order valence-electron chi connectivity index (χ2n) is 4.30. The Morgan fingerprint density at radius 3 is 2.70 bits per heavy atom. The van der Waals surface area contributed by atoms with E-state index in [-0.39, 0.29) is 0 Å². The lowest BCUT2D eigenvalue weighted by atomic mass is 10.1. The van der Waals surface area contributed by atoms with Gasteiger partial charge in [-0.1, -0.05) is 11.6 Å². The molecule has 0 aliphatic rings. The minimum absolute atomic E-state index is 0.397. The molecule has 1 aromatic carbocycles. The first-order chi connectivity index (χ1) is 9.52. The van der Waals surface area contributed by atoms with Crippen molar-refractivity contribution in [2.45, 2.75) is 20.0 Å². The second kappa shape index (κ2) is 5.94. The molecule has 0 bridgehead atoms. The van der Waals surface area contributed by atoms with Crippen LogP contribution in [0.25, 0.3) is 0 Å². The molecule has 0 fully saturated rings. The molecule has 2 aromatic rings. The average molecular weight is 295 g/mol. The molecule has 7 heteroatoms. The van der Waals surface area contributed by atoms with Crippen LogP contribution in [0.1, 0.15) is 34.8 Å². The number of aromatic amines is 1. The summed E-state index contributed by atoms with van der Waals surface area (Å²) in [5.74, 6) is 5.41. The number of ether oxygens (including phenoxy) is 1. The van der Waals surface area contributed by atoms with Crippen LogP contribution in [0.3, 0.4) is 0 Å². The quantitative estimate of drug-likeness (QED) is 0.457. The third-order valence-electron chi connectivity index (χ3n) is 2.84. The Hall–Kier alpha value is -2.05. The maximum absolute atomic E-state index is 11.7. The number of nitrogen functional groups attached to an aromatic ring is 1. The lowest BCUT2D eigenvalue weighted by molar-refractivity contribution is 0.0948. The van der Waals surface area contributed by atoms with Crippen molar-refractivity contribution in [2.75, 3.05) is 0 Å². The molecule has 1 amide bonds. The van der Waals surface area contributed by atoms with Gasteiger partial charge < -0.3 is 4.74 Å². The molecule has 0 spiro atoms. The number of nitrogens with one attached hydrogen (secondary N) is 2. The SMILES string of the molecule is Cc1[nH]nc(C(C)Oc2ccc(Cl)cc2)c1C(=O)NN. The van der Waals surface area contributed by atoms with Gasteiger partial charge in [0.2, 0.25) is 0 Å². The number of nitrogens with two attached hydrogens (primary N) is 1. The Labute approximate surface area is 121 Å². The summed E-state index contributed by atoms with van der Waals surface area (Å²) in [4.78, 5) is 11.7. The smallest absolute Gasteiger partial charge is 0.269 e. The van der Waals surface area contributed by atoms with Crippen LogP contribution in [0.2, 0.25) is 5.02 Å². The van der Waals surface area contributed by atoms with Crippen molar-refractivity contribution in [1.82, 2.24) is 15.6 Å². The van der Waals surface area contributed by atoms with E-state index in [9.17, 15) is 4.79 Å². The molecule has 0 radical (unpaired) electrons. The van der Waals surface area contributed by atoms with E-state index in [2.05, 4.69) is 15.6 Å². The number of carbonyl (C=O) groups is 1. The highest BCUT2D eigenvalue weighted by Crippen LogP contribution is 2.25. The van der Waals surface area contributed by atoms with E-state index in [0.29, 0.717) is 27.7 Å². The zero-order chi connectivity index (χ0) is 14.7. The molecule has 106 valence electrons. The minimum atomic E-state index is -0.409. The van der Waals surface area contributed by atoms with Crippen LogP contribution in [0.5, 0.6) is 5.75 Å². The molecule has 6 nitrogen and oxygen atoms in total. The summed E-state index contributed by atoms with van der Waals surface area (Å²) in [6, 6.07) is 6.96. The monoisotopic (exact) mass is 294 g/mol. The molecule has 1 heterocycles. The van der Waals surface area contributed by atoms with E-state index in [1.54, 1.807) is 38.1 Å². The lowest BCUT2D eigenvalue weighted by Gasteiger charge is -2.14. The van der Waals surface area contributed by atoms with Crippen LogP contribution in [-0.4, -0.2) is 16.1 Å². The van der Waals surface area contributed by atoms with Gasteiger partial charge in [0.15, 0.2) is 0 Å². The van der Waals surface area contributed by atoms with Gasteiger partial charge in [-0.2, -0.15) is 5.10 Å². The Morgan fingerprint density at radius 1 is 1.45 bits per heavy atom. The van der Waals surface area contributed by atoms with Crippen molar-refractivity contribution in [3.8, 4) is 5.75 Å². The molecule has 0 saturated carbocycles. The highest BCUT2D eigenvalue weighted by atomic mass is 35.5. The van der Waals surface area contributed by atoms with Crippen molar-refractivity contribution in [3.05, 3.63) is 46.2 Å². The van der Waals surface area contributed by atoms with E-state index < -0.39 is 12.0 Å². The number of aromatic nitrogens is 2. The van der Waals surface area contributed by atoms with Gasteiger partial charge >= 0.3 is 0 Å². The van der Waals surface area contributed by atoms with Gasteiger partial charge in [-0.15, -0.1) is 0 Å². The first-order valence-corrected chi connectivity index (χ1v) is 6.38. The van der Waals surface area contributed by atoms with E-state index in [0.717, 1.165) is 0 Å². The standard InChI is InChI=1S/C13H15ClN4O2/c1-7-11(13(19)16-15)12(18-17-7)8(2)20-10-5-3-9(14)4-6-10/h3-6,8H,15H2,1-2H3,(H,16,19)(H,17,18). The number of halogens is 1. The predicted molar refractivity (Wildman–Crippen MR) is 75.5 cm³/mol. The Balaban J connectivity index is 2.23. The summed E-state index contributed by atoms with van der Waals surface area (Å²) in [7, 11) is 0. The summed E-state index contributed by atoms with van der Waals surface area (Å²) < 4.78 is 5.74. The maximum atomic E-state index is 11.7. The fourth-order valence-electron chi connectivity index (χ4n) is 1.87. The fraction of sp³-hybridized carbons (Fsp3) is 0.231. The van der Waals surface area contributed by atoms with Gasteiger partial charge in [0.25, 0.3) is 5.91 Å². The zero-order valence-electron chi connectivity index (χ0n) is 11.1. The zero-order valence-corrected chi connectivity index (χ0v) is 11.9. The third kappa shape index (κ3) is 2.92. The number of aryl methyl sites for hydroxylation is 1. The van der Waals surface area contributed by atoms with Crippen molar-refractivity contribution in [3.63, 3.8) is 0 Å². The van der Waals surface area contributed by atoms with Crippen molar-refractivity contribution < 1.29 is 9.53 Å². The van der Waals surface area contributed by atoms with Crippen molar-refractivity contribution in [1.29, 1.82) is 0 Å². The number of hydrogen-bond donors (Lipinski definition) is 3. The first-order valence-electron chi connectivity index (χ1n) is 6.01. The molecule has 1 unspecified atom stereocenters. The lowest BCUT2D eigenvalue weighted by Crippen LogP contribution is -2.31. The molecule has 1 aromatic heterocycles. The average Bonchev–Trinajstić information content (AvgIpc) is 2.82. The fourth-order valence-corrected chi connectivity index (χ4v) is 2.00. The molecule has 4 N–H and O–H groups in total. The Kier molecular flexibility index (Phi) is 4.26. The van der Waals surface area contributed by atoms with Crippen molar-refractivity contribution in [2.24, 2.45) is 5.84 Å². The first kappa shape index (κ1) is 14.4. The highest BCUT2D eigenvalue weighted by Gasteiger charge is 2.22. The number of amides is 1.